The Morgan fingerprint density at radius 1 is 1.21 bits per heavy atom. The number of carbonyl (C=O) groups excluding carboxylic acids is 1. The molecule has 3 heteroatoms. The van der Waals surface area contributed by atoms with Crippen molar-refractivity contribution < 1.29 is 4.79 Å². The second-order valence-corrected chi connectivity index (χ2v) is 7.00. The van der Waals surface area contributed by atoms with Crippen LogP contribution in [0.3, 0.4) is 0 Å². The van der Waals surface area contributed by atoms with Gasteiger partial charge in [-0.3, -0.25) is 4.79 Å². The zero-order valence-electron chi connectivity index (χ0n) is 14.5. The molecule has 2 aromatic rings. The highest BCUT2D eigenvalue weighted by atomic mass is 16.1. The van der Waals surface area contributed by atoms with Crippen molar-refractivity contribution in [3.05, 3.63) is 76.9 Å². The van der Waals surface area contributed by atoms with E-state index in [1.807, 2.05) is 37.4 Å². The minimum atomic E-state index is -0.0753. The molecule has 0 amide bonds. The summed E-state index contributed by atoms with van der Waals surface area (Å²) in [6, 6.07) is 15.9. The van der Waals surface area contributed by atoms with E-state index in [2.05, 4.69) is 42.7 Å². The molecule has 0 aliphatic carbocycles. The first-order chi connectivity index (χ1) is 11.5. The molecule has 0 unspecified atom stereocenters. The van der Waals surface area contributed by atoms with E-state index in [1.165, 1.54) is 11.1 Å². The van der Waals surface area contributed by atoms with E-state index in [4.69, 9.17) is 0 Å². The van der Waals surface area contributed by atoms with E-state index in [-0.39, 0.29) is 11.3 Å². The van der Waals surface area contributed by atoms with Crippen LogP contribution in [0, 0.1) is 0 Å². The summed E-state index contributed by atoms with van der Waals surface area (Å²) >= 11 is 0. The summed E-state index contributed by atoms with van der Waals surface area (Å²) in [4.78, 5) is 12.6. The van der Waals surface area contributed by atoms with Crippen LogP contribution in [0.2, 0.25) is 0 Å². The zero-order chi connectivity index (χ0) is 17.2. The third kappa shape index (κ3) is 3.57. The van der Waals surface area contributed by atoms with Gasteiger partial charge in [-0.25, -0.2) is 0 Å². The summed E-state index contributed by atoms with van der Waals surface area (Å²) in [5, 5.41) is 6.72. The number of nitrogens with one attached hydrogen (secondary N) is 2. The van der Waals surface area contributed by atoms with E-state index in [0.717, 1.165) is 24.2 Å². The van der Waals surface area contributed by atoms with Crippen molar-refractivity contribution in [1.82, 2.24) is 10.6 Å². The summed E-state index contributed by atoms with van der Waals surface area (Å²) < 4.78 is 0. The molecule has 3 nitrogen and oxygen atoms in total. The molecule has 2 aromatic carbocycles. The molecule has 0 bridgehead atoms. The van der Waals surface area contributed by atoms with E-state index in [1.54, 1.807) is 6.08 Å². The quantitative estimate of drug-likeness (QED) is 0.668. The fourth-order valence-corrected chi connectivity index (χ4v) is 3.25. The monoisotopic (exact) mass is 320 g/mol. The molecule has 0 saturated heterocycles. The summed E-state index contributed by atoms with van der Waals surface area (Å²) in [7, 11) is 1.95. The van der Waals surface area contributed by atoms with Gasteiger partial charge in [-0.15, -0.1) is 0 Å². The number of fused-ring (bicyclic) bond motifs is 1. The average Bonchev–Trinajstić information content (AvgIpc) is 2.54. The Balaban J connectivity index is 2.00. The highest BCUT2D eigenvalue weighted by Gasteiger charge is 2.28. The Morgan fingerprint density at radius 3 is 2.67 bits per heavy atom. The lowest BCUT2D eigenvalue weighted by molar-refractivity contribution is 0.104. The molecule has 0 atom stereocenters. The van der Waals surface area contributed by atoms with Gasteiger partial charge in [0.05, 0.1) is 0 Å². The van der Waals surface area contributed by atoms with Crippen molar-refractivity contribution >= 4 is 11.5 Å². The second-order valence-electron chi connectivity index (χ2n) is 7.00. The number of benzene rings is 2. The molecule has 0 aromatic heterocycles. The fraction of sp³-hybridized carbons (Fsp3) is 0.286. The van der Waals surface area contributed by atoms with Gasteiger partial charge >= 0.3 is 0 Å². The lowest BCUT2D eigenvalue weighted by Gasteiger charge is -2.36. The van der Waals surface area contributed by atoms with Crippen molar-refractivity contribution in [2.75, 3.05) is 7.05 Å². The molecule has 0 spiro atoms. The Bertz CT molecular complexity index is 776. The molecule has 1 aliphatic rings. The van der Waals surface area contributed by atoms with Gasteiger partial charge in [-0.05, 0) is 38.4 Å². The van der Waals surface area contributed by atoms with Crippen molar-refractivity contribution in [3.63, 3.8) is 0 Å². The van der Waals surface area contributed by atoms with Gasteiger partial charge in [0, 0.05) is 35.0 Å². The van der Waals surface area contributed by atoms with Crippen LogP contribution < -0.4 is 10.6 Å². The second kappa shape index (κ2) is 6.62. The largest absolute Gasteiger partial charge is 0.379 e. The fourth-order valence-electron chi connectivity index (χ4n) is 3.25. The topological polar surface area (TPSA) is 41.1 Å². The average molecular weight is 320 g/mol. The molecule has 1 heterocycles. The molecule has 0 radical (unpaired) electrons. The lowest BCUT2D eigenvalue weighted by Crippen LogP contribution is -2.44. The third-order valence-electron chi connectivity index (χ3n) is 4.28. The van der Waals surface area contributed by atoms with Crippen LogP contribution in [0.1, 0.15) is 40.9 Å². The van der Waals surface area contributed by atoms with Gasteiger partial charge in [0.1, 0.15) is 0 Å². The smallest absolute Gasteiger partial charge is 0.187 e. The SMILES string of the molecule is CNCc1ccc2c(c1)CC(C)(C)N/C2=C\C(=O)c1ccccc1. The predicted octanol–water partition coefficient (Wildman–Crippen LogP) is 3.55. The van der Waals surface area contributed by atoms with Crippen molar-refractivity contribution in [2.45, 2.75) is 32.4 Å². The number of hydrogen-bond donors (Lipinski definition) is 2. The summed E-state index contributed by atoms with van der Waals surface area (Å²) in [5.74, 6) is 0.0288. The Labute approximate surface area is 143 Å². The van der Waals surface area contributed by atoms with Crippen molar-refractivity contribution in [2.24, 2.45) is 0 Å². The maximum atomic E-state index is 12.6. The number of allylic oxidation sites excluding steroid dienone is 1. The molecule has 2 N–H and O–H groups in total. The van der Waals surface area contributed by atoms with Crippen LogP contribution in [-0.2, 0) is 13.0 Å². The Kier molecular flexibility index (Phi) is 4.54. The van der Waals surface area contributed by atoms with Gasteiger partial charge in [-0.2, -0.15) is 0 Å². The van der Waals surface area contributed by atoms with Crippen molar-refractivity contribution in [3.8, 4) is 0 Å². The minimum absolute atomic E-state index is 0.0288. The van der Waals surface area contributed by atoms with Crippen LogP contribution in [0.5, 0.6) is 0 Å². The van der Waals surface area contributed by atoms with E-state index >= 15 is 0 Å². The molecule has 24 heavy (non-hydrogen) atoms. The molecule has 1 aliphatic heterocycles. The highest BCUT2D eigenvalue weighted by molar-refractivity contribution is 6.08. The number of ketones is 1. The number of hydrogen-bond acceptors (Lipinski definition) is 3. The summed E-state index contributed by atoms with van der Waals surface area (Å²) in [5.41, 5.74) is 5.23. The first-order valence-corrected chi connectivity index (χ1v) is 8.34. The molecule has 0 saturated carbocycles. The van der Waals surface area contributed by atoms with Crippen LogP contribution in [0.25, 0.3) is 5.70 Å². The Hall–Kier alpha value is -2.39. The molecule has 124 valence electrons. The first-order valence-electron chi connectivity index (χ1n) is 8.34. The summed E-state index contributed by atoms with van der Waals surface area (Å²) in [6.07, 6.45) is 2.67. The lowest BCUT2D eigenvalue weighted by atomic mass is 9.84. The van der Waals surface area contributed by atoms with Crippen molar-refractivity contribution in [1.29, 1.82) is 0 Å². The van der Waals surface area contributed by atoms with Crippen LogP contribution in [0.15, 0.2) is 54.6 Å². The normalized spacial score (nSPS) is 17.2. The zero-order valence-corrected chi connectivity index (χ0v) is 14.5. The molecule has 3 rings (SSSR count). The third-order valence-corrected chi connectivity index (χ3v) is 4.28. The Morgan fingerprint density at radius 2 is 1.96 bits per heavy atom. The van der Waals surface area contributed by atoms with E-state index in [0.29, 0.717) is 5.56 Å². The van der Waals surface area contributed by atoms with Gasteiger partial charge in [0.2, 0.25) is 0 Å². The molecule has 0 fully saturated rings. The van der Waals surface area contributed by atoms with Crippen LogP contribution in [-0.4, -0.2) is 18.4 Å². The van der Waals surface area contributed by atoms with Gasteiger partial charge in [0.25, 0.3) is 0 Å². The maximum Gasteiger partial charge on any atom is 0.187 e. The van der Waals surface area contributed by atoms with Gasteiger partial charge < -0.3 is 10.6 Å². The first kappa shape index (κ1) is 16.5. The molecular weight excluding hydrogens is 296 g/mol. The highest BCUT2D eigenvalue weighted by Crippen LogP contribution is 2.30. The van der Waals surface area contributed by atoms with Gasteiger partial charge in [-0.1, -0.05) is 48.5 Å². The van der Waals surface area contributed by atoms with Crippen LogP contribution >= 0.6 is 0 Å². The van der Waals surface area contributed by atoms with E-state index < -0.39 is 0 Å². The van der Waals surface area contributed by atoms with Gasteiger partial charge in [0.15, 0.2) is 5.78 Å². The number of rotatable bonds is 4. The minimum Gasteiger partial charge on any atom is -0.379 e. The summed E-state index contributed by atoms with van der Waals surface area (Å²) in [6.45, 7) is 5.19. The predicted molar refractivity (Wildman–Crippen MR) is 98.9 cm³/mol. The van der Waals surface area contributed by atoms with E-state index in [9.17, 15) is 4.79 Å². The van der Waals surface area contributed by atoms with Crippen LogP contribution in [0.4, 0.5) is 0 Å². The standard InChI is InChI=1S/C21H24N2O/c1-21(2)13-17-11-15(14-22-3)9-10-18(17)19(23-21)12-20(24)16-7-5-4-6-8-16/h4-12,22-23H,13-14H2,1-3H3/b19-12-. The molecular formula is C21H24N2O. The maximum absolute atomic E-state index is 12.6. The number of carbonyl (C=O) groups is 1.